The number of esters is 1. The third-order valence-electron chi connectivity index (χ3n) is 3.00. The van der Waals surface area contributed by atoms with E-state index in [1.165, 1.54) is 24.6 Å². The first-order valence-electron chi connectivity index (χ1n) is 5.99. The average Bonchev–Trinajstić information content (AvgIpc) is 3.12. The van der Waals surface area contributed by atoms with E-state index in [1.54, 1.807) is 12.3 Å². The number of aromatic nitrogens is 2. The van der Waals surface area contributed by atoms with Gasteiger partial charge < -0.3 is 14.8 Å². The summed E-state index contributed by atoms with van der Waals surface area (Å²) in [6, 6.07) is 4.73. The van der Waals surface area contributed by atoms with Crippen LogP contribution in [-0.2, 0) is 4.74 Å². The molecule has 0 unspecified atom stereocenters. The van der Waals surface area contributed by atoms with Crippen LogP contribution in [0.1, 0.15) is 25.9 Å². The summed E-state index contributed by atoms with van der Waals surface area (Å²) < 4.78 is 4.56. The maximum Gasteiger partial charge on any atom is 0.357 e. The van der Waals surface area contributed by atoms with Gasteiger partial charge in [-0.15, -0.1) is 11.3 Å². The van der Waals surface area contributed by atoms with Crippen LogP contribution in [0.15, 0.2) is 29.8 Å². The summed E-state index contributed by atoms with van der Waals surface area (Å²) in [4.78, 5) is 30.8. The SMILES string of the molecule is COC(=O)c1csc(C(=O)c2c[nH]c3ccc(O)cc23)n1. The molecular formula is C14H10N2O4S. The zero-order chi connectivity index (χ0) is 15.0. The third kappa shape index (κ3) is 2.27. The summed E-state index contributed by atoms with van der Waals surface area (Å²) in [6.07, 6.45) is 1.56. The smallest absolute Gasteiger partial charge is 0.357 e. The predicted octanol–water partition coefficient (Wildman–Crippen LogP) is 2.35. The van der Waals surface area contributed by atoms with Gasteiger partial charge in [0, 0.05) is 22.5 Å². The number of hydrogen-bond donors (Lipinski definition) is 2. The van der Waals surface area contributed by atoms with Gasteiger partial charge in [0.15, 0.2) is 10.7 Å². The van der Waals surface area contributed by atoms with Crippen molar-refractivity contribution in [2.24, 2.45) is 0 Å². The first kappa shape index (κ1) is 13.3. The molecular weight excluding hydrogens is 292 g/mol. The largest absolute Gasteiger partial charge is 0.508 e. The van der Waals surface area contributed by atoms with Gasteiger partial charge in [-0.05, 0) is 18.2 Å². The number of rotatable bonds is 3. The molecule has 0 radical (unpaired) electrons. The minimum Gasteiger partial charge on any atom is -0.508 e. The minimum absolute atomic E-state index is 0.0746. The number of aromatic hydroxyl groups is 1. The fraction of sp³-hybridized carbons (Fsp3) is 0.0714. The number of ketones is 1. The lowest BCUT2D eigenvalue weighted by Gasteiger charge is -1.97. The molecule has 0 aliphatic carbocycles. The fourth-order valence-corrected chi connectivity index (χ4v) is 2.73. The highest BCUT2D eigenvalue weighted by Crippen LogP contribution is 2.25. The molecule has 0 bridgehead atoms. The summed E-state index contributed by atoms with van der Waals surface area (Å²) in [5.74, 6) is -0.820. The van der Waals surface area contributed by atoms with Crippen LogP contribution in [0.25, 0.3) is 10.9 Å². The monoisotopic (exact) mass is 302 g/mol. The molecule has 0 saturated carbocycles. The second-order valence-corrected chi connectivity index (χ2v) is 5.15. The zero-order valence-corrected chi connectivity index (χ0v) is 11.7. The summed E-state index contributed by atoms with van der Waals surface area (Å²) in [6.45, 7) is 0. The van der Waals surface area contributed by atoms with Crippen LogP contribution in [0.2, 0.25) is 0 Å². The number of nitrogens with zero attached hydrogens (tertiary/aromatic N) is 1. The highest BCUT2D eigenvalue weighted by molar-refractivity contribution is 7.12. The van der Waals surface area contributed by atoms with E-state index in [-0.39, 0.29) is 22.2 Å². The van der Waals surface area contributed by atoms with Gasteiger partial charge in [-0.1, -0.05) is 0 Å². The number of phenolic OH excluding ortho intramolecular Hbond substituents is 1. The Morgan fingerprint density at radius 2 is 2.19 bits per heavy atom. The van der Waals surface area contributed by atoms with Gasteiger partial charge >= 0.3 is 5.97 Å². The number of hydrogen-bond acceptors (Lipinski definition) is 6. The molecule has 3 rings (SSSR count). The lowest BCUT2D eigenvalue weighted by Crippen LogP contribution is -2.04. The summed E-state index contributed by atoms with van der Waals surface area (Å²) in [7, 11) is 1.26. The lowest BCUT2D eigenvalue weighted by molar-refractivity contribution is 0.0595. The second kappa shape index (κ2) is 5.02. The van der Waals surface area contributed by atoms with Gasteiger partial charge in [0.25, 0.3) is 0 Å². The highest BCUT2D eigenvalue weighted by atomic mass is 32.1. The molecule has 0 atom stereocenters. The van der Waals surface area contributed by atoms with Crippen LogP contribution in [-0.4, -0.2) is 33.9 Å². The molecule has 2 N–H and O–H groups in total. The van der Waals surface area contributed by atoms with Crippen molar-refractivity contribution >= 4 is 34.0 Å². The van der Waals surface area contributed by atoms with E-state index in [0.29, 0.717) is 10.9 Å². The molecule has 6 nitrogen and oxygen atoms in total. The number of phenols is 1. The van der Waals surface area contributed by atoms with Gasteiger partial charge in [0.05, 0.1) is 12.7 Å². The van der Waals surface area contributed by atoms with Crippen molar-refractivity contribution in [1.29, 1.82) is 0 Å². The number of H-pyrrole nitrogens is 1. The van der Waals surface area contributed by atoms with Crippen molar-refractivity contribution in [3.05, 3.63) is 46.0 Å². The Kier molecular flexibility index (Phi) is 3.19. The van der Waals surface area contributed by atoms with Gasteiger partial charge in [-0.2, -0.15) is 0 Å². The topological polar surface area (TPSA) is 92.3 Å². The standard InChI is InChI=1S/C14H10N2O4S/c1-20-14(19)11-6-21-13(16-11)12(18)9-5-15-10-3-2-7(17)4-8(9)10/h2-6,15,17H,1H3. The fourth-order valence-electron chi connectivity index (χ4n) is 1.99. The molecule has 1 aromatic carbocycles. The van der Waals surface area contributed by atoms with Crippen molar-refractivity contribution in [2.45, 2.75) is 0 Å². The van der Waals surface area contributed by atoms with E-state index in [2.05, 4.69) is 14.7 Å². The Hall–Kier alpha value is -2.67. The lowest BCUT2D eigenvalue weighted by atomic mass is 10.1. The second-order valence-electron chi connectivity index (χ2n) is 4.29. The van der Waals surface area contributed by atoms with E-state index in [0.717, 1.165) is 16.9 Å². The Morgan fingerprint density at radius 1 is 1.38 bits per heavy atom. The van der Waals surface area contributed by atoms with Crippen LogP contribution in [0.5, 0.6) is 5.75 Å². The number of carbonyl (C=O) groups is 2. The van der Waals surface area contributed by atoms with Crippen molar-refractivity contribution < 1.29 is 19.4 Å². The van der Waals surface area contributed by atoms with Gasteiger partial charge in [-0.25, -0.2) is 9.78 Å². The third-order valence-corrected chi connectivity index (χ3v) is 3.84. The van der Waals surface area contributed by atoms with Crippen LogP contribution < -0.4 is 0 Å². The average molecular weight is 302 g/mol. The Bertz CT molecular complexity index is 850. The molecule has 106 valence electrons. The maximum atomic E-state index is 12.5. The molecule has 0 aliphatic rings. The number of nitrogens with one attached hydrogen (secondary N) is 1. The number of carbonyl (C=O) groups excluding carboxylic acids is 2. The molecule has 0 fully saturated rings. The van der Waals surface area contributed by atoms with Crippen molar-refractivity contribution in [2.75, 3.05) is 7.11 Å². The molecule has 0 saturated heterocycles. The van der Waals surface area contributed by atoms with Gasteiger partial charge in [-0.3, -0.25) is 4.79 Å². The van der Waals surface area contributed by atoms with Crippen LogP contribution >= 0.6 is 11.3 Å². The van der Waals surface area contributed by atoms with E-state index >= 15 is 0 Å². The minimum atomic E-state index is -0.582. The number of fused-ring (bicyclic) bond motifs is 1. The molecule has 0 aliphatic heterocycles. The zero-order valence-electron chi connectivity index (χ0n) is 10.9. The van der Waals surface area contributed by atoms with Crippen molar-refractivity contribution in [3.8, 4) is 5.75 Å². The molecule has 0 spiro atoms. The number of methoxy groups -OCH3 is 1. The first-order valence-corrected chi connectivity index (χ1v) is 6.86. The van der Waals surface area contributed by atoms with E-state index in [1.807, 2.05) is 0 Å². The molecule has 7 heteroatoms. The Morgan fingerprint density at radius 3 is 2.95 bits per heavy atom. The van der Waals surface area contributed by atoms with Crippen LogP contribution in [0.3, 0.4) is 0 Å². The normalized spacial score (nSPS) is 10.7. The summed E-state index contributed by atoms with van der Waals surface area (Å²) >= 11 is 1.07. The molecule has 21 heavy (non-hydrogen) atoms. The van der Waals surface area contributed by atoms with E-state index < -0.39 is 5.97 Å². The highest BCUT2D eigenvalue weighted by Gasteiger charge is 2.20. The van der Waals surface area contributed by atoms with Crippen molar-refractivity contribution in [1.82, 2.24) is 9.97 Å². The predicted molar refractivity (Wildman–Crippen MR) is 76.8 cm³/mol. The van der Waals surface area contributed by atoms with Crippen LogP contribution in [0, 0.1) is 0 Å². The number of aromatic amines is 1. The van der Waals surface area contributed by atoms with Gasteiger partial charge in [0.1, 0.15) is 5.75 Å². The Labute approximate surface area is 123 Å². The van der Waals surface area contributed by atoms with E-state index in [4.69, 9.17) is 0 Å². The van der Waals surface area contributed by atoms with E-state index in [9.17, 15) is 14.7 Å². The van der Waals surface area contributed by atoms with Crippen LogP contribution in [0.4, 0.5) is 0 Å². The van der Waals surface area contributed by atoms with Crippen molar-refractivity contribution in [3.63, 3.8) is 0 Å². The molecule has 3 aromatic rings. The molecule has 2 aromatic heterocycles. The number of benzene rings is 1. The number of ether oxygens (including phenoxy) is 1. The maximum absolute atomic E-state index is 12.5. The quantitative estimate of drug-likeness (QED) is 0.572. The van der Waals surface area contributed by atoms with Gasteiger partial charge in [0.2, 0.25) is 5.78 Å². The first-order chi connectivity index (χ1) is 10.1. The Balaban J connectivity index is 2.02. The molecule has 2 heterocycles. The summed E-state index contributed by atoms with van der Waals surface area (Å²) in [5.41, 5.74) is 1.24. The molecule has 0 amide bonds. The summed E-state index contributed by atoms with van der Waals surface area (Å²) in [5, 5.41) is 11.8. The number of thiazole rings is 1.